The van der Waals surface area contributed by atoms with Crippen molar-refractivity contribution in [2.45, 2.75) is 46.6 Å². The summed E-state index contributed by atoms with van der Waals surface area (Å²) in [5.74, 6) is 0. The first-order valence-electron chi connectivity index (χ1n) is 5.88. The lowest BCUT2D eigenvalue weighted by molar-refractivity contribution is 0.176. The van der Waals surface area contributed by atoms with Gasteiger partial charge in [-0.15, -0.1) is 0 Å². The maximum Gasteiger partial charge on any atom is 0.0832 e. The molecule has 1 N–H and O–H groups in total. The second-order valence-electron chi connectivity index (χ2n) is 4.64. The number of hydrogen-bond acceptors (Lipinski definition) is 1. The smallest absolute Gasteiger partial charge is 0.0832 e. The molecule has 0 aromatic heterocycles. The quantitative estimate of drug-likeness (QED) is 0.757. The average Bonchev–Trinajstić information content (AvgIpc) is 2.15. The third-order valence-electron chi connectivity index (χ3n) is 3.05. The highest BCUT2D eigenvalue weighted by atomic mass is 16.3. The molecule has 16 heavy (non-hydrogen) atoms. The van der Waals surface area contributed by atoms with Crippen molar-refractivity contribution in [1.82, 2.24) is 0 Å². The first-order chi connectivity index (χ1) is 7.45. The fourth-order valence-electron chi connectivity index (χ4n) is 2.24. The van der Waals surface area contributed by atoms with Crippen LogP contribution in [0.2, 0.25) is 0 Å². The number of aliphatic hydroxyl groups excluding tert-OH is 1. The molecule has 0 spiro atoms. The third kappa shape index (κ3) is 2.96. The van der Waals surface area contributed by atoms with Crippen molar-refractivity contribution >= 4 is 0 Å². The van der Waals surface area contributed by atoms with E-state index < -0.39 is 6.10 Å². The zero-order chi connectivity index (χ0) is 12.3. The lowest BCUT2D eigenvalue weighted by Crippen LogP contribution is -2.04. The molecule has 1 unspecified atom stereocenters. The summed E-state index contributed by atoms with van der Waals surface area (Å²) in [5.41, 5.74) is 5.77. The first-order valence-corrected chi connectivity index (χ1v) is 5.88. The van der Waals surface area contributed by atoms with Crippen molar-refractivity contribution < 1.29 is 5.11 Å². The number of hydrogen-bond donors (Lipinski definition) is 1. The van der Waals surface area contributed by atoms with Gasteiger partial charge in [-0.3, -0.25) is 0 Å². The van der Waals surface area contributed by atoms with Crippen molar-refractivity contribution in [2.75, 3.05) is 0 Å². The molecule has 0 radical (unpaired) electrons. The van der Waals surface area contributed by atoms with Crippen LogP contribution in [0.3, 0.4) is 0 Å². The van der Waals surface area contributed by atoms with E-state index in [9.17, 15) is 5.11 Å². The van der Waals surface area contributed by atoms with E-state index >= 15 is 0 Å². The number of aliphatic hydroxyl groups is 1. The van der Waals surface area contributed by atoms with E-state index in [4.69, 9.17) is 0 Å². The van der Waals surface area contributed by atoms with Crippen LogP contribution < -0.4 is 0 Å². The van der Waals surface area contributed by atoms with Gasteiger partial charge in [0, 0.05) is 0 Å². The second-order valence-corrected chi connectivity index (χ2v) is 4.64. The molecule has 0 heterocycles. The molecular weight excluding hydrogens is 196 g/mol. The summed E-state index contributed by atoms with van der Waals surface area (Å²) in [6.45, 7) is 12.2. The van der Waals surface area contributed by atoms with Gasteiger partial charge in [-0.05, 0) is 50.3 Å². The van der Waals surface area contributed by atoms with Gasteiger partial charge in [0.1, 0.15) is 0 Å². The van der Waals surface area contributed by atoms with E-state index in [1.165, 1.54) is 16.7 Å². The largest absolute Gasteiger partial charge is 0.388 e. The van der Waals surface area contributed by atoms with Gasteiger partial charge in [0.2, 0.25) is 0 Å². The molecule has 0 aliphatic carbocycles. The fourth-order valence-corrected chi connectivity index (χ4v) is 2.24. The number of rotatable bonds is 4. The molecule has 0 fully saturated rings. The van der Waals surface area contributed by atoms with Crippen LogP contribution in [0.4, 0.5) is 0 Å². The Balaban J connectivity index is 2.99. The van der Waals surface area contributed by atoms with E-state index in [0.29, 0.717) is 6.42 Å². The molecule has 88 valence electrons. The van der Waals surface area contributed by atoms with Crippen LogP contribution in [-0.2, 0) is 0 Å². The molecule has 1 aromatic carbocycles. The maximum absolute atomic E-state index is 10.2. The molecule has 1 heteroatoms. The summed E-state index contributed by atoms with van der Waals surface area (Å²) in [6, 6.07) is 4.25. The van der Waals surface area contributed by atoms with Crippen LogP contribution >= 0.6 is 0 Å². The van der Waals surface area contributed by atoms with E-state index in [-0.39, 0.29) is 0 Å². The second kappa shape index (κ2) is 5.31. The SMILES string of the molecule is C=C(CC)CC(O)c1c(C)cc(C)cc1C. The topological polar surface area (TPSA) is 20.2 Å². The summed E-state index contributed by atoms with van der Waals surface area (Å²) in [4.78, 5) is 0. The summed E-state index contributed by atoms with van der Waals surface area (Å²) in [7, 11) is 0. The van der Waals surface area contributed by atoms with E-state index in [1.807, 2.05) is 0 Å². The summed E-state index contributed by atoms with van der Waals surface area (Å²) >= 11 is 0. The molecule has 1 rings (SSSR count). The van der Waals surface area contributed by atoms with Crippen LogP contribution in [0.1, 0.15) is 48.1 Å². The molecule has 1 atom stereocenters. The standard InChI is InChI=1S/C15H22O/c1-6-10(2)9-14(16)15-12(4)7-11(3)8-13(15)5/h7-8,14,16H,2,6,9H2,1,3-5H3. The average molecular weight is 218 g/mol. The minimum absolute atomic E-state index is 0.409. The Morgan fingerprint density at radius 2 is 1.75 bits per heavy atom. The Kier molecular flexibility index (Phi) is 4.31. The summed E-state index contributed by atoms with van der Waals surface area (Å²) in [5, 5.41) is 10.2. The van der Waals surface area contributed by atoms with Crippen molar-refractivity contribution in [1.29, 1.82) is 0 Å². The van der Waals surface area contributed by atoms with Gasteiger partial charge < -0.3 is 5.11 Å². The van der Waals surface area contributed by atoms with Gasteiger partial charge in [-0.1, -0.05) is 36.8 Å². The summed E-state index contributed by atoms with van der Waals surface area (Å²) < 4.78 is 0. The summed E-state index contributed by atoms with van der Waals surface area (Å²) in [6.07, 6.45) is 1.19. The van der Waals surface area contributed by atoms with Gasteiger partial charge in [-0.2, -0.15) is 0 Å². The van der Waals surface area contributed by atoms with Gasteiger partial charge in [0.15, 0.2) is 0 Å². The maximum atomic E-state index is 10.2. The zero-order valence-corrected chi connectivity index (χ0v) is 10.8. The van der Waals surface area contributed by atoms with Crippen molar-refractivity contribution in [3.63, 3.8) is 0 Å². The van der Waals surface area contributed by atoms with Crippen molar-refractivity contribution in [3.05, 3.63) is 46.5 Å². The Morgan fingerprint density at radius 1 is 1.25 bits per heavy atom. The van der Waals surface area contributed by atoms with Gasteiger partial charge >= 0.3 is 0 Å². The predicted octanol–water partition coefficient (Wildman–Crippen LogP) is 4.00. The molecule has 0 aliphatic rings. The van der Waals surface area contributed by atoms with Crippen LogP contribution in [-0.4, -0.2) is 5.11 Å². The highest BCUT2D eigenvalue weighted by Crippen LogP contribution is 2.28. The predicted molar refractivity (Wildman–Crippen MR) is 69.7 cm³/mol. The molecular formula is C15H22O. The number of aryl methyl sites for hydroxylation is 3. The van der Waals surface area contributed by atoms with Crippen LogP contribution in [0.25, 0.3) is 0 Å². The van der Waals surface area contributed by atoms with Crippen molar-refractivity contribution in [2.24, 2.45) is 0 Å². The lowest BCUT2D eigenvalue weighted by atomic mass is 9.92. The minimum Gasteiger partial charge on any atom is -0.388 e. The Morgan fingerprint density at radius 3 is 2.19 bits per heavy atom. The molecule has 1 aromatic rings. The normalized spacial score (nSPS) is 12.6. The first kappa shape index (κ1) is 13.0. The van der Waals surface area contributed by atoms with E-state index in [1.54, 1.807) is 0 Å². The van der Waals surface area contributed by atoms with Crippen molar-refractivity contribution in [3.8, 4) is 0 Å². The molecule has 0 aliphatic heterocycles. The molecule has 0 saturated carbocycles. The number of benzene rings is 1. The molecule has 0 saturated heterocycles. The van der Waals surface area contributed by atoms with E-state index in [0.717, 1.165) is 17.6 Å². The van der Waals surface area contributed by atoms with Crippen LogP contribution in [0.5, 0.6) is 0 Å². The monoisotopic (exact) mass is 218 g/mol. The zero-order valence-electron chi connectivity index (χ0n) is 10.8. The Bertz CT molecular complexity index is 367. The lowest BCUT2D eigenvalue weighted by Gasteiger charge is -2.18. The van der Waals surface area contributed by atoms with Gasteiger partial charge in [0.25, 0.3) is 0 Å². The Labute approximate surface area is 98.8 Å². The van der Waals surface area contributed by atoms with Crippen LogP contribution in [0.15, 0.2) is 24.3 Å². The Hall–Kier alpha value is -1.08. The van der Waals surface area contributed by atoms with Crippen LogP contribution in [0, 0.1) is 20.8 Å². The highest BCUT2D eigenvalue weighted by Gasteiger charge is 2.14. The van der Waals surface area contributed by atoms with Gasteiger partial charge in [0.05, 0.1) is 6.10 Å². The molecule has 1 nitrogen and oxygen atoms in total. The van der Waals surface area contributed by atoms with Gasteiger partial charge in [-0.25, -0.2) is 0 Å². The van der Waals surface area contributed by atoms with E-state index in [2.05, 4.69) is 46.4 Å². The third-order valence-corrected chi connectivity index (χ3v) is 3.05. The highest BCUT2D eigenvalue weighted by molar-refractivity contribution is 5.39. The minimum atomic E-state index is -0.409. The molecule has 0 amide bonds. The molecule has 0 bridgehead atoms. The fraction of sp³-hybridized carbons (Fsp3) is 0.467.